The molecule has 0 N–H and O–H groups in total. The van der Waals surface area contributed by atoms with Gasteiger partial charge in [-0.15, -0.1) is 0 Å². The Morgan fingerprint density at radius 3 is 2.82 bits per heavy atom. The molecule has 17 heavy (non-hydrogen) atoms. The molecule has 0 fully saturated rings. The van der Waals surface area contributed by atoms with Gasteiger partial charge in [-0.3, -0.25) is 4.79 Å². The second-order valence-electron chi connectivity index (χ2n) is 4.51. The van der Waals surface area contributed by atoms with Crippen molar-refractivity contribution in [2.75, 3.05) is 6.61 Å². The molecule has 1 aromatic rings. The van der Waals surface area contributed by atoms with Gasteiger partial charge in [0.25, 0.3) is 0 Å². The Hall–Kier alpha value is -1.58. The first-order chi connectivity index (χ1) is 8.04. The number of Topliss-reactive ketones (excluding diaryl/α,β-unsaturated/α-hetero) is 1. The first kappa shape index (κ1) is 11.9. The zero-order valence-corrected chi connectivity index (χ0v) is 10.3. The number of carbonyl (C=O) groups excluding carboxylic acids is 2. The monoisotopic (exact) mass is 236 g/mol. The van der Waals surface area contributed by atoms with Crippen molar-refractivity contribution in [2.24, 2.45) is 5.92 Å². The highest BCUT2D eigenvalue weighted by atomic mass is 16.5. The zero-order valence-electron chi connectivity index (χ0n) is 10.3. The topological polar surface area (TPSA) is 56.5 Å². The van der Waals surface area contributed by atoms with Gasteiger partial charge >= 0.3 is 5.97 Å². The average molecular weight is 236 g/mol. The van der Waals surface area contributed by atoms with Gasteiger partial charge in [-0.2, -0.15) is 0 Å². The summed E-state index contributed by atoms with van der Waals surface area (Å²) >= 11 is 0. The molecular formula is C13H16O4. The maximum absolute atomic E-state index is 11.9. The molecule has 1 atom stereocenters. The zero-order chi connectivity index (χ0) is 12.6. The molecule has 0 saturated heterocycles. The summed E-state index contributed by atoms with van der Waals surface area (Å²) in [6.07, 6.45) is 1.23. The fraction of sp³-hybridized carbons (Fsp3) is 0.538. The molecule has 1 aliphatic carbocycles. The Balaban J connectivity index is 2.42. The van der Waals surface area contributed by atoms with E-state index >= 15 is 0 Å². The van der Waals surface area contributed by atoms with Crippen LogP contribution < -0.4 is 0 Å². The van der Waals surface area contributed by atoms with Gasteiger partial charge in [0.15, 0.2) is 5.78 Å². The third-order valence-electron chi connectivity index (χ3n) is 3.03. The largest absolute Gasteiger partial charge is 0.460 e. The summed E-state index contributed by atoms with van der Waals surface area (Å²) in [5, 5.41) is 0. The quantitative estimate of drug-likeness (QED) is 0.740. The van der Waals surface area contributed by atoms with Crippen molar-refractivity contribution in [1.29, 1.82) is 0 Å². The summed E-state index contributed by atoms with van der Waals surface area (Å²) in [6.45, 7) is 5.78. The maximum Gasteiger partial charge on any atom is 0.374 e. The second-order valence-corrected chi connectivity index (χ2v) is 4.51. The van der Waals surface area contributed by atoms with E-state index in [-0.39, 0.29) is 17.5 Å². The third kappa shape index (κ3) is 1.99. The number of ether oxygens (including phenoxy) is 1. The number of rotatable bonds is 2. The normalized spacial score (nSPS) is 19.0. The van der Waals surface area contributed by atoms with Crippen molar-refractivity contribution in [3.63, 3.8) is 0 Å². The molecule has 0 aromatic carbocycles. The minimum absolute atomic E-state index is 0.0653. The molecule has 2 rings (SSSR count). The minimum Gasteiger partial charge on any atom is -0.460 e. The van der Waals surface area contributed by atoms with Crippen LogP contribution in [0.5, 0.6) is 0 Å². The van der Waals surface area contributed by atoms with Crippen molar-refractivity contribution >= 4 is 11.8 Å². The number of fused-ring (bicyclic) bond motifs is 1. The Kier molecular flexibility index (Phi) is 3.05. The minimum atomic E-state index is -0.486. The number of furan rings is 1. The van der Waals surface area contributed by atoms with E-state index in [1.54, 1.807) is 13.8 Å². The number of carbonyl (C=O) groups is 2. The van der Waals surface area contributed by atoms with Crippen molar-refractivity contribution in [3.8, 4) is 0 Å². The summed E-state index contributed by atoms with van der Waals surface area (Å²) in [5.74, 6) is 0.666. The van der Waals surface area contributed by atoms with Crippen LogP contribution >= 0.6 is 0 Å². The molecule has 0 bridgehead atoms. The lowest BCUT2D eigenvalue weighted by Crippen LogP contribution is -2.16. The number of ketones is 1. The molecule has 0 aliphatic heterocycles. The van der Waals surface area contributed by atoms with Crippen molar-refractivity contribution in [3.05, 3.63) is 22.6 Å². The SMILES string of the molecule is CCOC(=O)c1oc2c(c1C)C(=O)CC(C)C2. The van der Waals surface area contributed by atoms with Crippen LogP contribution in [0.4, 0.5) is 0 Å². The van der Waals surface area contributed by atoms with Gasteiger partial charge in [0, 0.05) is 18.4 Å². The van der Waals surface area contributed by atoms with Crippen LogP contribution in [0, 0.1) is 12.8 Å². The second kappa shape index (κ2) is 4.35. The van der Waals surface area contributed by atoms with Gasteiger partial charge in [0.05, 0.1) is 12.2 Å². The van der Waals surface area contributed by atoms with Crippen molar-refractivity contribution in [1.82, 2.24) is 0 Å². The Labute approximate surface area is 99.9 Å². The Bertz CT molecular complexity index is 470. The maximum atomic E-state index is 11.9. The smallest absolute Gasteiger partial charge is 0.374 e. The summed E-state index contributed by atoms with van der Waals surface area (Å²) in [4.78, 5) is 23.5. The van der Waals surface area contributed by atoms with E-state index in [1.165, 1.54) is 0 Å². The van der Waals surface area contributed by atoms with E-state index in [4.69, 9.17) is 9.15 Å². The predicted octanol–water partition coefficient (Wildman–Crippen LogP) is 2.53. The van der Waals surface area contributed by atoms with E-state index in [1.807, 2.05) is 6.92 Å². The molecule has 4 heteroatoms. The van der Waals surface area contributed by atoms with Gasteiger partial charge in [-0.05, 0) is 19.8 Å². The van der Waals surface area contributed by atoms with Crippen LogP contribution in [0.1, 0.15) is 52.5 Å². The summed E-state index contributed by atoms with van der Waals surface area (Å²) in [5.41, 5.74) is 1.21. The molecule has 4 nitrogen and oxygen atoms in total. The number of hydrogen-bond acceptors (Lipinski definition) is 4. The van der Waals surface area contributed by atoms with Gasteiger partial charge in [-0.1, -0.05) is 6.92 Å². The van der Waals surface area contributed by atoms with E-state index < -0.39 is 5.97 Å². The van der Waals surface area contributed by atoms with Gasteiger partial charge in [0.1, 0.15) is 5.76 Å². The van der Waals surface area contributed by atoms with Crippen LogP contribution in [-0.4, -0.2) is 18.4 Å². The lowest BCUT2D eigenvalue weighted by molar-refractivity contribution is 0.0486. The molecule has 92 valence electrons. The average Bonchev–Trinajstić information content (AvgIpc) is 2.56. The molecule has 1 unspecified atom stereocenters. The van der Waals surface area contributed by atoms with Gasteiger partial charge < -0.3 is 9.15 Å². The van der Waals surface area contributed by atoms with Gasteiger partial charge in [-0.25, -0.2) is 4.79 Å². The van der Waals surface area contributed by atoms with Crippen LogP contribution in [-0.2, 0) is 11.2 Å². The molecule has 1 aromatic heterocycles. The Morgan fingerprint density at radius 1 is 1.47 bits per heavy atom. The molecule has 0 radical (unpaired) electrons. The lowest BCUT2D eigenvalue weighted by Gasteiger charge is -2.15. The van der Waals surface area contributed by atoms with E-state index in [2.05, 4.69) is 0 Å². The third-order valence-corrected chi connectivity index (χ3v) is 3.03. The van der Waals surface area contributed by atoms with Crippen molar-refractivity contribution < 1.29 is 18.7 Å². The highest BCUT2D eigenvalue weighted by Gasteiger charge is 2.31. The van der Waals surface area contributed by atoms with Crippen LogP contribution in [0.25, 0.3) is 0 Å². The first-order valence-corrected chi connectivity index (χ1v) is 5.87. The molecule has 1 heterocycles. The van der Waals surface area contributed by atoms with Crippen LogP contribution in [0.2, 0.25) is 0 Å². The molecule has 0 saturated carbocycles. The van der Waals surface area contributed by atoms with Crippen LogP contribution in [0.3, 0.4) is 0 Å². The summed E-state index contributed by atoms with van der Waals surface area (Å²) < 4.78 is 10.4. The van der Waals surface area contributed by atoms with Crippen molar-refractivity contribution in [2.45, 2.75) is 33.6 Å². The van der Waals surface area contributed by atoms with E-state index in [0.29, 0.717) is 36.3 Å². The summed E-state index contributed by atoms with van der Waals surface area (Å²) in [7, 11) is 0. The highest BCUT2D eigenvalue weighted by molar-refractivity contribution is 6.02. The first-order valence-electron chi connectivity index (χ1n) is 5.87. The molecule has 0 spiro atoms. The lowest BCUT2D eigenvalue weighted by atomic mass is 9.87. The molecule has 0 amide bonds. The van der Waals surface area contributed by atoms with E-state index in [0.717, 1.165) is 0 Å². The van der Waals surface area contributed by atoms with Crippen LogP contribution in [0.15, 0.2) is 4.42 Å². The summed E-state index contributed by atoms with van der Waals surface area (Å²) in [6, 6.07) is 0. The van der Waals surface area contributed by atoms with Gasteiger partial charge in [0.2, 0.25) is 5.76 Å². The molecule has 1 aliphatic rings. The molecular weight excluding hydrogens is 220 g/mol. The standard InChI is InChI=1S/C13H16O4/c1-4-16-13(15)12-8(3)11-9(14)5-7(2)6-10(11)17-12/h7H,4-6H2,1-3H3. The fourth-order valence-corrected chi connectivity index (χ4v) is 2.28. The fourth-order valence-electron chi connectivity index (χ4n) is 2.28. The number of esters is 1. The Morgan fingerprint density at radius 2 is 2.18 bits per heavy atom. The predicted molar refractivity (Wildman–Crippen MR) is 61.2 cm³/mol. The highest BCUT2D eigenvalue weighted by Crippen LogP contribution is 2.32. The number of hydrogen-bond donors (Lipinski definition) is 0. The van der Waals surface area contributed by atoms with E-state index in [9.17, 15) is 9.59 Å².